The van der Waals surface area contributed by atoms with Gasteiger partial charge >= 0.3 is 0 Å². The van der Waals surface area contributed by atoms with Crippen molar-refractivity contribution in [2.45, 2.75) is 0 Å². The molecule has 0 amide bonds. The van der Waals surface area contributed by atoms with Crippen LogP contribution in [0.5, 0.6) is 11.6 Å². The minimum Gasteiger partial charge on any atom is -0.438 e. The minimum absolute atomic E-state index is 0.508. The Balaban J connectivity index is 2.16. The molecule has 0 unspecified atom stereocenters. The summed E-state index contributed by atoms with van der Waals surface area (Å²) in [4.78, 5) is 0. The van der Waals surface area contributed by atoms with Gasteiger partial charge in [0.05, 0.1) is 0 Å². The van der Waals surface area contributed by atoms with E-state index in [0.717, 1.165) is 5.75 Å². The third-order valence-electron chi connectivity index (χ3n) is 1.58. The van der Waals surface area contributed by atoms with E-state index in [9.17, 15) is 0 Å². The quantitative estimate of drug-likeness (QED) is 0.800. The maximum absolute atomic E-state index is 5.46. The molecule has 0 saturated heterocycles. The van der Waals surface area contributed by atoms with E-state index in [2.05, 4.69) is 32.8 Å². The lowest BCUT2D eigenvalue weighted by molar-refractivity contribution is 0.455. The second-order valence-electron chi connectivity index (χ2n) is 2.62. The maximum Gasteiger partial charge on any atom is 0.238 e. The molecule has 0 saturated carbocycles. The number of rotatable bonds is 2. The smallest absolute Gasteiger partial charge is 0.238 e. The molecule has 0 N–H and O–H groups in total. The Bertz CT molecular complexity index is 402. The van der Waals surface area contributed by atoms with Crippen LogP contribution >= 0.6 is 22.6 Å². The lowest BCUT2D eigenvalue weighted by Gasteiger charge is -2.02. The van der Waals surface area contributed by atoms with E-state index in [1.165, 1.54) is 3.57 Å². The number of nitrogens with zero attached hydrogens (tertiary/aromatic N) is 2. The molecule has 0 aliphatic carbocycles. The van der Waals surface area contributed by atoms with Crippen molar-refractivity contribution < 1.29 is 4.74 Å². The first-order valence-electron chi connectivity index (χ1n) is 4.06. The Morgan fingerprint density at radius 1 is 1.07 bits per heavy atom. The zero-order valence-electron chi connectivity index (χ0n) is 7.22. The van der Waals surface area contributed by atoms with Gasteiger partial charge in [-0.3, -0.25) is 0 Å². The van der Waals surface area contributed by atoms with E-state index in [1.54, 1.807) is 18.3 Å². The van der Waals surface area contributed by atoms with Gasteiger partial charge < -0.3 is 4.74 Å². The predicted octanol–water partition coefficient (Wildman–Crippen LogP) is 2.87. The van der Waals surface area contributed by atoms with Crippen LogP contribution in [0.4, 0.5) is 0 Å². The first-order chi connectivity index (χ1) is 6.84. The van der Waals surface area contributed by atoms with Crippen molar-refractivity contribution in [2.75, 3.05) is 0 Å². The van der Waals surface area contributed by atoms with Crippen molar-refractivity contribution in [1.29, 1.82) is 0 Å². The Kier molecular flexibility index (Phi) is 2.93. The fraction of sp³-hybridized carbons (Fsp3) is 0. The molecule has 2 rings (SSSR count). The molecule has 0 radical (unpaired) electrons. The number of benzene rings is 1. The lowest BCUT2D eigenvalue weighted by atomic mass is 10.3. The van der Waals surface area contributed by atoms with Gasteiger partial charge in [0.2, 0.25) is 5.88 Å². The summed E-state index contributed by atoms with van der Waals surface area (Å²) in [7, 11) is 0. The fourth-order valence-corrected chi connectivity index (χ4v) is 1.32. The largest absolute Gasteiger partial charge is 0.438 e. The number of aromatic nitrogens is 2. The van der Waals surface area contributed by atoms with Crippen LogP contribution in [0.25, 0.3) is 0 Å². The molecule has 1 aromatic heterocycles. The molecule has 0 aliphatic rings. The van der Waals surface area contributed by atoms with Crippen LogP contribution < -0.4 is 4.74 Å². The Labute approximate surface area is 95.3 Å². The van der Waals surface area contributed by atoms with Gasteiger partial charge in [0.15, 0.2) is 0 Å². The summed E-state index contributed by atoms with van der Waals surface area (Å²) in [5.41, 5.74) is 0. The second kappa shape index (κ2) is 4.36. The van der Waals surface area contributed by atoms with Crippen molar-refractivity contribution in [3.05, 3.63) is 46.2 Å². The van der Waals surface area contributed by atoms with Gasteiger partial charge in [0, 0.05) is 15.8 Å². The van der Waals surface area contributed by atoms with Gasteiger partial charge in [-0.25, -0.2) is 0 Å². The summed E-state index contributed by atoms with van der Waals surface area (Å²) in [5.74, 6) is 1.28. The topological polar surface area (TPSA) is 35.0 Å². The monoisotopic (exact) mass is 298 g/mol. The number of hydrogen-bond donors (Lipinski definition) is 0. The normalized spacial score (nSPS) is 9.79. The standard InChI is InChI=1S/C10H7IN2O/c11-8-3-5-9(6-4-8)14-10-2-1-7-12-13-10/h1-7H. The fourth-order valence-electron chi connectivity index (χ4n) is 0.965. The number of hydrogen-bond acceptors (Lipinski definition) is 3. The second-order valence-corrected chi connectivity index (χ2v) is 3.86. The van der Waals surface area contributed by atoms with Crippen LogP contribution in [0.2, 0.25) is 0 Å². The van der Waals surface area contributed by atoms with Gasteiger partial charge in [-0.15, -0.1) is 5.10 Å². The molecular formula is C10H7IN2O. The summed E-state index contributed by atoms with van der Waals surface area (Å²) in [6.07, 6.45) is 1.61. The van der Waals surface area contributed by atoms with E-state index >= 15 is 0 Å². The Morgan fingerprint density at radius 3 is 2.50 bits per heavy atom. The van der Waals surface area contributed by atoms with Crippen LogP contribution in [0.1, 0.15) is 0 Å². The highest BCUT2D eigenvalue weighted by molar-refractivity contribution is 14.1. The molecule has 0 fully saturated rings. The van der Waals surface area contributed by atoms with Gasteiger partial charge in [0.25, 0.3) is 0 Å². The highest BCUT2D eigenvalue weighted by Crippen LogP contribution is 2.19. The summed E-state index contributed by atoms with van der Waals surface area (Å²) in [5, 5.41) is 7.54. The first kappa shape index (κ1) is 9.39. The molecule has 70 valence electrons. The average Bonchev–Trinajstić information content (AvgIpc) is 2.23. The van der Waals surface area contributed by atoms with E-state index in [0.29, 0.717) is 5.88 Å². The Morgan fingerprint density at radius 2 is 1.86 bits per heavy atom. The van der Waals surface area contributed by atoms with Gasteiger partial charge in [-0.05, 0) is 52.9 Å². The molecule has 14 heavy (non-hydrogen) atoms. The average molecular weight is 298 g/mol. The van der Waals surface area contributed by atoms with Crippen LogP contribution in [0, 0.1) is 3.57 Å². The van der Waals surface area contributed by atoms with Crippen molar-refractivity contribution >= 4 is 22.6 Å². The van der Waals surface area contributed by atoms with Crippen molar-refractivity contribution in [3.63, 3.8) is 0 Å². The zero-order chi connectivity index (χ0) is 9.80. The molecule has 0 aliphatic heterocycles. The van der Waals surface area contributed by atoms with Gasteiger partial charge in [-0.2, -0.15) is 5.10 Å². The minimum atomic E-state index is 0.508. The third kappa shape index (κ3) is 2.41. The SMILES string of the molecule is Ic1ccc(Oc2cccnn2)cc1. The maximum atomic E-state index is 5.46. The van der Waals surface area contributed by atoms with Gasteiger partial charge in [0.1, 0.15) is 5.75 Å². The third-order valence-corrected chi connectivity index (χ3v) is 2.30. The van der Waals surface area contributed by atoms with E-state index in [-0.39, 0.29) is 0 Å². The molecule has 3 nitrogen and oxygen atoms in total. The van der Waals surface area contributed by atoms with E-state index in [1.807, 2.05) is 24.3 Å². The van der Waals surface area contributed by atoms with Crippen LogP contribution in [-0.2, 0) is 0 Å². The van der Waals surface area contributed by atoms with Crippen LogP contribution in [0.15, 0.2) is 42.6 Å². The summed E-state index contributed by atoms with van der Waals surface area (Å²) in [6.45, 7) is 0. The first-order valence-corrected chi connectivity index (χ1v) is 5.13. The molecule has 4 heteroatoms. The van der Waals surface area contributed by atoms with Crippen LogP contribution in [-0.4, -0.2) is 10.2 Å². The van der Waals surface area contributed by atoms with E-state index in [4.69, 9.17) is 4.74 Å². The Hall–Kier alpha value is -1.17. The molecule has 0 bridgehead atoms. The molecule has 2 aromatic rings. The highest BCUT2D eigenvalue weighted by Gasteiger charge is 1.96. The summed E-state index contributed by atoms with van der Waals surface area (Å²) in [6, 6.07) is 11.3. The summed E-state index contributed by atoms with van der Waals surface area (Å²) < 4.78 is 6.63. The van der Waals surface area contributed by atoms with E-state index < -0.39 is 0 Å². The van der Waals surface area contributed by atoms with Gasteiger partial charge in [-0.1, -0.05) is 0 Å². The molecule has 0 spiro atoms. The van der Waals surface area contributed by atoms with Crippen molar-refractivity contribution in [1.82, 2.24) is 10.2 Å². The molecule has 1 heterocycles. The van der Waals surface area contributed by atoms with Crippen LogP contribution in [0.3, 0.4) is 0 Å². The van der Waals surface area contributed by atoms with Crippen molar-refractivity contribution in [3.8, 4) is 11.6 Å². The lowest BCUT2D eigenvalue weighted by Crippen LogP contribution is -1.88. The predicted molar refractivity (Wildman–Crippen MR) is 61.3 cm³/mol. The molecule has 1 aromatic carbocycles. The zero-order valence-corrected chi connectivity index (χ0v) is 9.38. The number of halogens is 1. The highest BCUT2D eigenvalue weighted by atomic mass is 127. The molecular weight excluding hydrogens is 291 g/mol. The number of ether oxygens (including phenoxy) is 1. The summed E-state index contributed by atoms with van der Waals surface area (Å²) >= 11 is 2.24. The van der Waals surface area contributed by atoms with Crippen molar-refractivity contribution in [2.24, 2.45) is 0 Å². The molecule has 0 atom stereocenters.